The minimum absolute atomic E-state index is 0.342. The van der Waals surface area contributed by atoms with Crippen molar-refractivity contribution >= 4 is 11.9 Å². The van der Waals surface area contributed by atoms with E-state index in [1.165, 1.54) is 0 Å². The summed E-state index contributed by atoms with van der Waals surface area (Å²) in [5, 5.41) is 2.51. The Kier molecular flexibility index (Phi) is 3.39. The normalized spacial score (nSPS) is 9.64. The molecule has 0 fully saturated rings. The Hall–Kier alpha value is -1.65. The summed E-state index contributed by atoms with van der Waals surface area (Å²) in [6.45, 7) is 5.69. The maximum atomic E-state index is 11.0. The van der Waals surface area contributed by atoms with Gasteiger partial charge in [0, 0.05) is 11.8 Å². The fourth-order valence-corrected chi connectivity index (χ4v) is 1.05. The molecule has 1 amide bonds. The molecule has 14 heavy (non-hydrogen) atoms. The first-order valence-electron chi connectivity index (χ1n) is 4.38. The lowest BCUT2D eigenvalue weighted by Crippen LogP contribution is -2.15. The maximum Gasteiger partial charge on any atom is 0.412 e. The van der Waals surface area contributed by atoms with Crippen LogP contribution in [-0.4, -0.2) is 22.7 Å². The molecule has 1 aromatic heterocycles. The number of hydrogen-bond acceptors (Lipinski definition) is 4. The third-order valence-corrected chi connectivity index (χ3v) is 1.47. The second-order valence-corrected chi connectivity index (χ2v) is 2.79. The summed E-state index contributed by atoms with van der Waals surface area (Å²) in [5.74, 6) is 1.09. The molecule has 0 aliphatic rings. The minimum Gasteiger partial charge on any atom is -0.450 e. The van der Waals surface area contributed by atoms with E-state index in [-0.39, 0.29) is 0 Å². The van der Waals surface area contributed by atoms with Crippen molar-refractivity contribution in [2.24, 2.45) is 0 Å². The molecule has 0 aliphatic carbocycles. The van der Waals surface area contributed by atoms with Gasteiger partial charge in [0.05, 0.1) is 6.61 Å². The molecule has 76 valence electrons. The van der Waals surface area contributed by atoms with Crippen LogP contribution in [0.5, 0.6) is 0 Å². The monoisotopic (exact) mass is 195 g/mol. The molecule has 0 saturated heterocycles. The van der Waals surface area contributed by atoms with Gasteiger partial charge in [-0.2, -0.15) is 0 Å². The molecule has 5 heteroatoms. The summed E-state index contributed by atoms with van der Waals surface area (Å²) in [4.78, 5) is 19.2. The van der Waals surface area contributed by atoms with E-state index in [0.29, 0.717) is 18.2 Å². The molecule has 1 aromatic rings. The van der Waals surface area contributed by atoms with Crippen molar-refractivity contribution in [2.45, 2.75) is 20.8 Å². The molecule has 1 heterocycles. The molecule has 0 aromatic carbocycles. The average Bonchev–Trinajstić information content (AvgIpc) is 2.01. The van der Waals surface area contributed by atoms with E-state index in [0.717, 1.165) is 5.69 Å². The number of aromatic nitrogens is 2. The van der Waals surface area contributed by atoms with Gasteiger partial charge in [-0.3, -0.25) is 5.32 Å². The SMILES string of the molecule is CCOC(=O)Nc1cc(C)nc(C)n1. The lowest BCUT2D eigenvalue weighted by molar-refractivity contribution is 0.168. The number of carbonyl (C=O) groups excluding carboxylic acids is 1. The first kappa shape index (κ1) is 10.4. The van der Waals surface area contributed by atoms with E-state index in [2.05, 4.69) is 15.3 Å². The van der Waals surface area contributed by atoms with Crippen molar-refractivity contribution in [3.63, 3.8) is 0 Å². The van der Waals surface area contributed by atoms with Crippen LogP contribution in [0.2, 0.25) is 0 Å². The highest BCUT2D eigenvalue weighted by molar-refractivity contribution is 5.83. The largest absolute Gasteiger partial charge is 0.450 e. The molecular weight excluding hydrogens is 182 g/mol. The van der Waals surface area contributed by atoms with E-state index in [4.69, 9.17) is 4.74 Å². The number of hydrogen-bond donors (Lipinski definition) is 1. The van der Waals surface area contributed by atoms with Crippen LogP contribution in [-0.2, 0) is 4.74 Å². The fraction of sp³-hybridized carbons (Fsp3) is 0.444. The van der Waals surface area contributed by atoms with Gasteiger partial charge >= 0.3 is 6.09 Å². The third kappa shape index (κ3) is 3.01. The van der Waals surface area contributed by atoms with Crippen molar-refractivity contribution in [2.75, 3.05) is 11.9 Å². The van der Waals surface area contributed by atoms with Gasteiger partial charge < -0.3 is 4.74 Å². The van der Waals surface area contributed by atoms with Crippen molar-refractivity contribution < 1.29 is 9.53 Å². The number of nitrogens with zero attached hydrogens (tertiary/aromatic N) is 2. The van der Waals surface area contributed by atoms with E-state index in [1.807, 2.05) is 6.92 Å². The summed E-state index contributed by atoms with van der Waals surface area (Å²) >= 11 is 0. The summed E-state index contributed by atoms with van der Waals surface area (Å²) in [7, 11) is 0. The first-order valence-corrected chi connectivity index (χ1v) is 4.38. The quantitative estimate of drug-likeness (QED) is 0.779. The van der Waals surface area contributed by atoms with Crippen LogP contribution in [0, 0.1) is 13.8 Å². The smallest absolute Gasteiger partial charge is 0.412 e. The van der Waals surface area contributed by atoms with Crippen LogP contribution in [0.3, 0.4) is 0 Å². The Morgan fingerprint density at radius 3 is 2.79 bits per heavy atom. The number of rotatable bonds is 2. The standard InChI is InChI=1S/C9H13N3O2/c1-4-14-9(13)12-8-5-6(2)10-7(3)11-8/h5H,4H2,1-3H3,(H,10,11,12,13). The number of carbonyl (C=O) groups is 1. The zero-order valence-corrected chi connectivity index (χ0v) is 8.50. The molecule has 0 unspecified atom stereocenters. The van der Waals surface area contributed by atoms with Crippen LogP contribution in [0.25, 0.3) is 0 Å². The Bertz CT molecular complexity index is 319. The van der Waals surface area contributed by atoms with Gasteiger partial charge in [0.15, 0.2) is 0 Å². The predicted molar refractivity (Wildman–Crippen MR) is 52.2 cm³/mol. The van der Waals surface area contributed by atoms with Crippen LogP contribution in [0.1, 0.15) is 18.4 Å². The number of nitrogens with one attached hydrogen (secondary N) is 1. The van der Waals surface area contributed by atoms with E-state index < -0.39 is 6.09 Å². The van der Waals surface area contributed by atoms with Gasteiger partial charge in [-0.1, -0.05) is 0 Å². The minimum atomic E-state index is -0.495. The van der Waals surface area contributed by atoms with Gasteiger partial charge in [-0.15, -0.1) is 0 Å². The molecular formula is C9H13N3O2. The van der Waals surface area contributed by atoms with Crippen LogP contribution < -0.4 is 5.32 Å². The highest BCUT2D eigenvalue weighted by atomic mass is 16.5. The van der Waals surface area contributed by atoms with Gasteiger partial charge in [0.2, 0.25) is 0 Å². The van der Waals surface area contributed by atoms with Crippen molar-refractivity contribution in [3.8, 4) is 0 Å². The first-order chi connectivity index (χ1) is 6.61. The van der Waals surface area contributed by atoms with E-state index in [1.54, 1.807) is 19.9 Å². The van der Waals surface area contributed by atoms with E-state index in [9.17, 15) is 4.79 Å². The van der Waals surface area contributed by atoms with Crippen LogP contribution in [0.4, 0.5) is 10.6 Å². The number of anilines is 1. The lowest BCUT2D eigenvalue weighted by atomic mass is 10.4. The summed E-state index contributed by atoms with van der Waals surface area (Å²) in [5.41, 5.74) is 0.810. The Balaban J connectivity index is 2.71. The molecule has 1 rings (SSSR count). The van der Waals surface area contributed by atoms with Crippen molar-refractivity contribution in [1.29, 1.82) is 0 Å². The average molecular weight is 195 g/mol. The zero-order valence-electron chi connectivity index (χ0n) is 8.50. The van der Waals surface area contributed by atoms with Gasteiger partial charge in [-0.25, -0.2) is 14.8 Å². The summed E-state index contributed by atoms with van der Waals surface area (Å²) < 4.78 is 4.72. The molecule has 0 bridgehead atoms. The topological polar surface area (TPSA) is 64.1 Å². The third-order valence-electron chi connectivity index (χ3n) is 1.47. The fourth-order valence-electron chi connectivity index (χ4n) is 1.05. The molecule has 0 spiro atoms. The Morgan fingerprint density at radius 2 is 2.21 bits per heavy atom. The lowest BCUT2D eigenvalue weighted by Gasteiger charge is -2.05. The van der Waals surface area contributed by atoms with Crippen molar-refractivity contribution in [1.82, 2.24) is 9.97 Å². The maximum absolute atomic E-state index is 11.0. The summed E-state index contributed by atoms with van der Waals surface area (Å²) in [6.07, 6.45) is -0.495. The second-order valence-electron chi connectivity index (χ2n) is 2.79. The van der Waals surface area contributed by atoms with Gasteiger partial charge in [-0.05, 0) is 20.8 Å². The Morgan fingerprint density at radius 1 is 1.50 bits per heavy atom. The highest BCUT2D eigenvalue weighted by Crippen LogP contribution is 2.05. The molecule has 5 nitrogen and oxygen atoms in total. The molecule has 1 N–H and O–H groups in total. The zero-order chi connectivity index (χ0) is 10.6. The molecule has 0 atom stereocenters. The van der Waals surface area contributed by atoms with Crippen LogP contribution in [0.15, 0.2) is 6.07 Å². The van der Waals surface area contributed by atoms with E-state index >= 15 is 0 Å². The summed E-state index contributed by atoms with van der Waals surface area (Å²) in [6, 6.07) is 1.68. The number of amides is 1. The second kappa shape index (κ2) is 4.55. The van der Waals surface area contributed by atoms with Crippen LogP contribution >= 0.6 is 0 Å². The number of aryl methyl sites for hydroxylation is 2. The molecule has 0 aliphatic heterocycles. The number of ether oxygens (including phenoxy) is 1. The molecule has 0 radical (unpaired) electrons. The van der Waals surface area contributed by atoms with Gasteiger partial charge in [0.25, 0.3) is 0 Å². The molecule has 0 saturated carbocycles. The van der Waals surface area contributed by atoms with Gasteiger partial charge in [0.1, 0.15) is 11.6 Å². The van der Waals surface area contributed by atoms with Crippen molar-refractivity contribution in [3.05, 3.63) is 17.6 Å². The highest BCUT2D eigenvalue weighted by Gasteiger charge is 2.04. The predicted octanol–water partition coefficient (Wildman–Crippen LogP) is 1.66. The Labute approximate surface area is 82.5 Å².